The Balaban J connectivity index is 3.33. The molecule has 3 N–H and O–H groups in total. The summed E-state index contributed by atoms with van der Waals surface area (Å²) in [5.41, 5.74) is 5.14. The highest BCUT2D eigenvalue weighted by Crippen LogP contribution is 2.22. The number of unbranched alkanes of at least 4 members (excludes halogenated alkanes) is 1. The van der Waals surface area contributed by atoms with Gasteiger partial charge in [-0.25, -0.2) is 0 Å². The fraction of sp³-hybridized carbons (Fsp3) is 1.00. The van der Waals surface area contributed by atoms with Gasteiger partial charge in [0.2, 0.25) is 6.16 Å². The van der Waals surface area contributed by atoms with E-state index in [1.807, 2.05) is 6.92 Å². The molecule has 0 aliphatic heterocycles. The number of aliphatic hydroxyl groups is 1. The van der Waals surface area contributed by atoms with Gasteiger partial charge in [-0.1, -0.05) is 13.3 Å². The first-order valence-corrected chi connectivity index (χ1v) is 5.52. The van der Waals surface area contributed by atoms with Crippen molar-refractivity contribution in [1.82, 2.24) is 0 Å². The van der Waals surface area contributed by atoms with Crippen LogP contribution in [0.3, 0.4) is 0 Å². The van der Waals surface area contributed by atoms with E-state index in [0.717, 1.165) is 12.8 Å². The van der Waals surface area contributed by atoms with E-state index in [-0.39, 0.29) is 12.7 Å². The maximum Gasteiger partial charge on any atom is 0.510 e. The van der Waals surface area contributed by atoms with Crippen molar-refractivity contribution in [2.45, 2.75) is 25.9 Å². The van der Waals surface area contributed by atoms with Crippen LogP contribution in [0.25, 0.3) is 0 Å². The number of nitrogens with two attached hydrogens (primary N) is 1. The van der Waals surface area contributed by atoms with E-state index in [1.165, 1.54) is 0 Å². The van der Waals surface area contributed by atoms with Gasteiger partial charge in [0.1, 0.15) is 12.7 Å². The molecule has 0 aromatic heterocycles. The Morgan fingerprint density at radius 2 is 2.33 bits per heavy atom. The highest BCUT2D eigenvalue weighted by atomic mass is 31.1. The van der Waals surface area contributed by atoms with E-state index in [2.05, 4.69) is 0 Å². The average molecular weight is 194 g/mol. The van der Waals surface area contributed by atoms with Gasteiger partial charge >= 0.3 is 8.03 Å². The molecule has 0 rings (SSSR count). The summed E-state index contributed by atoms with van der Waals surface area (Å²) in [7, 11) is -1.72. The third kappa shape index (κ3) is 6.68. The molecule has 0 aliphatic carbocycles. The molecule has 0 aromatic carbocycles. The molecule has 0 amide bonds. The molecule has 0 saturated carbocycles. The normalized spacial score (nSPS) is 14.4. The molecule has 4 nitrogen and oxygen atoms in total. The number of rotatable bonds is 7. The van der Waals surface area contributed by atoms with Crippen LogP contribution in [0.1, 0.15) is 19.8 Å². The Hall–Kier alpha value is -0.0200. The first kappa shape index (κ1) is 12.0. The van der Waals surface area contributed by atoms with E-state index in [4.69, 9.17) is 15.4 Å². The number of aliphatic hydroxyl groups excluding tert-OH is 1. The van der Waals surface area contributed by atoms with E-state index in [1.54, 1.807) is 0 Å². The van der Waals surface area contributed by atoms with Gasteiger partial charge in [0.25, 0.3) is 0 Å². The highest BCUT2D eigenvalue weighted by molar-refractivity contribution is 7.39. The van der Waals surface area contributed by atoms with Crippen LogP contribution in [-0.4, -0.2) is 30.5 Å². The second-order valence-corrected chi connectivity index (χ2v) is 3.88. The topological polar surface area (TPSA) is 72.5 Å². The van der Waals surface area contributed by atoms with Gasteiger partial charge < -0.3 is 10.8 Å². The van der Waals surface area contributed by atoms with Crippen LogP contribution >= 0.6 is 8.03 Å². The molecule has 5 heteroatoms. The summed E-state index contributed by atoms with van der Waals surface area (Å²) in [4.78, 5) is 0. The highest BCUT2D eigenvalue weighted by Gasteiger charge is 2.21. The summed E-state index contributed by atoms with van der Waals surface area (Å²) in [6.07, 6.45) is 1.37. The molecular formula is C7H17NO3P+. The summed E-state index contributed by atoms with van der Waals surface area (Å²) in [5, 5.41) is 9.00. The zero-order valence-electron chi connectivity index (χ0n) is 7.40. The standard InChI is InChI=1S/C7H17NO3P/c1-2-3-4-11-12(10)6-7(9)5-8/h7,9H,2-6,8H2,1H3/q+1. The zero-order valence-corrected chi connectivity index (χ0v) is 8.30. The molecular weight excluding hydrogens is 177 g/mol. The fourth-order valence-corrected chi connectivity index (χ4v) is 1.54. The van der Waals surface area contributed by atoms with Crippen molar-refractivity contribution in [2.24, 2.45) is 5.73 Å². The molecule has 0 heterocycles. The first-order valence-electron chi connectivity index (χ1n) is 4.16. The lowest BCUT2D eigenvalue weighted by atomic mass is 10.4. The Morgan fingerprint density at radius 3 is 2.83 bits per heavy atom. The Morgan fingerprint density at radius 1 is 1.67 bits per heavy atom. The van der Waals surface area contributed by atoms with E-state index < -0.39 is 14.1 Å². The molecule has 72 valence electrons. The summed E-state index contributed by atoms with van der Waals surface area (Å²) in [6.45, 7) is 2.67. The number of hydrogen-bond acceptors (Lipinski definition) is 4. The predicted octanol–water partition coefficient (Wildman–Crippen LogP) is 0.865. The summed E-state index contributed by atoms with van der Waals surface area (Å²) in [5.74, 6) is 0. The maximum absolute atomic E-state index is 11.0. The maximum atomic E-state index is 11.0. The molecule has 0 aliphatic rings. The minimum absolute atomic E-state index is 0.137. The van der Waals surface area contributed by atoms with Crippen LogP contribution in [0.15, 0.2) is 0 Å². The van der Waals surface area contributed by atoms with Crippen molar-refractivity contribution in [2.75, 3.05) is 19.3 Å². The Kier molecular flexibility index (Phi) is 7.61. The van der Waals surface area contributed by atoms with Crippen LogP contribution in [0.4, 0.5) is 0 Å². The van der Waals surface area contributed by atoms with Crippen molar-refractivity contribution in [3.8, 4) is 0 Å². The van der Waals surface area contributed by atoms with Gasteiger partial charge in [0, 0.05) is 6.54 Å². The van der Waals surface area contributed by atoms with Crippen LogP contribution in [0, 0.1) is 0 Å². The fourth-order valence-electron chi connectivity index (χ4n) is 0.610. The lowest BCUT2D eigenvalue weighted by Crippen LogP contribution is -2.22. The van der Waals surface area contributed by atoms with Crippen molar-refractivity contribution >= 4 is 8.03 Å². The lowest BCUT2D eigenvalue weighted by molar-refractivity contribution is 0.200. The van der Waals surface area contributed by atoms with Gasteiger partial charge in [-0.15, -0.1) is 4.52 Å². The third-order valence-electron chi connectivity index (χ3n) is 1.37. The zero-order chi connectivity index (χ0) is 9.40. The largest absolute Gasteiger partial charge is 0.510 e. The molecule has 2 unspecified atom stereocenters. The van der Waals surface area contributed by atoms with Gasteiger partial charge in [0.05, 0.1) is 0 Å². The summed E-state index contributed by atoms with van der Waals surface area (Å²) in [6, 6.07) is 0. The van der Waals surface area contributed by atoms with Crippen LogP contribution < -0.4 is 5.73 Å². The molecule has 2 atom stereocenters. The second kappa shape index (κ2) is 7.62. The monoisotopic (exact) mass is 194 g/mol. The van der Waals surface area contributed by atoms with Crippen molar-refractivity contribution in [1.29, 1.82) is 0 Å². The van der Waals surface area contributed by atoms with Crippen molar-refractivity contribution in [3.63, 3.8) is 0 Å². The minimum Gasteiger partial charge on any atom is -0.387 e. The molecule has 0 spiro atoms. The van der Waals surface area contributed by atoms with Gasteiger partial charge in [-0.3, -0.25) is 0 Å². The van der Waals surface area contributed by atoms with Gasteiger partial charge in [-0.2, -0.15) is 0 Å². The first-order chi connectivity index (χ1) is 5.70. The SMILES string of the molecule is CCCCO[P+](=O)CC(O)CN. The number of hydrogen-bond donors (Lipinski definition) is 2. The molecule has 0 bridgehead atoms. The average Bonchev–Trinajstić information content (AvgIpc) is 2.05. The minimum atomic E-state index is -1.72. The van der Waals surface area contributed by atoms with Crippen molar-refractivity contribution in [3.05, 3.63) is 0 Å². The summed E-state index contributed by atoms with van der Waals surface area (Å²) < 4.78 is 15.9. The van der Waals surface area contributed by atoms with E-state index in [9.17, 15) is 4.57 Å². The van der Waals surface area contributed by atoms with Crippen LogP contribution in [0.5, 0.6) is 0 Å². The second-order valence-electron chi connectivity index (χ2n) is 2.59. The molecule has 0 fully saturated rings. The molecule has 0 radical (unpaired) electrons. The molecule has 0 aromatic rings. The predicted molar refractivity (Wildman–Crippen MR) is 48.4 cm³/mol. The van der Waals surface area contributed by atoms with Gasteiger partial charge in [-0.05, 0) is 11.0 Å². The quantitative estimate of drug-likeness (QED) is 0.466. The smallest absolute Gasteiger partial charge is 0.387 e. The molecule has 0 saturated heterocycles. The Bertz CT molecular complexity index is 132. The van der Waals surface area contributed by atoms with Gasteiger partial charge in [0.15, 0.2) is 0 Å². The van der Waals surface area contributed by atoms with E-state index >= 15 is 0 Å². The van der Waals surface area contributed by atoms with Crippen molar-refractivity contribution < 1.29 is 14.2 Å². The molecule has 12 heavy (non-hydrogen) atoms. The van der Waals surface area contributed by atoms with Crippen LogP contribution in [-0.2, 0) is 9.09 Å². The van der Waals surface area contributed by atoms with E-state index in [0.29, 0.717) is 6.61 Å². The summed E-state index contributed by atoms with van der Waals surface area (Å²) >= 11 is 0. The lowest BCUT2D eigenvalue weighted by Gasteiger charge is -1.97. The Labute approximate surface area is 74.0 Å². The van der Waals surface area contributed by atoms with Crippen LogP contribution in [0.2, 0.25) is 0 Å². The third-order valence-corrected chi connectivity index (χ3v) is 2.56.